The van der Waals surface area contributed by atoms with E-state index in [1.54, 1.807) is 18.9 Å². The number of methoxy groups -OCH3 is 1. The molecule has 0 atom stereocenters. The highest BCUT2D eigenvalue weighted by Crippen LogP contribution is 2.22. The van der Waals surface area contributed by atoms with Crippen molar-refractivity contribution in [1.29, 1.82) is 0 Å². The normalized spacial score (nSPS) is 14.4. The average Bonchev–Trinajstić information content (AvgIpc) is 2.69. The minimum Gasteiger partial charge on any atom is -0.497 e. The first-order chi connectivity index (χ1) is 12.7. The maximum Gasteiger partial charge on any atom is 0.223 e. The number of nitrogens with zero attached hydrogens (tertiary/aromatic N) is 2. The van der Waals surface area contributed by atoms with Crippen LogP contribution in [0.15, 0.2) is 53.4 Å². The Kier molecular flexibility index (Phi) is 6.45. The molecule has 0 aromatic heterocycles. The average molecular weight is 371 g/mol. The van der Waals surface area contributed by atoms with E-state index in [2.05, 4.69) is 48.2 Å². The Balaban J connectivity index is 1.42. The summed E-state index contributed by atoms with van der Waals surface area (Å²) in [6.45, 7) is 5.43. The van der Waals surface area contributed by atoms with Crippen LogP contribution in [0.3, 0.4) is 0 Å². The van der Waals surface area contributed by atoms with Crippen molar-refractivity contribution in [1.82, 2.24) is 4.90 Å². The van der Waals surface area contributed by atoms with Crippen LogP contribution in [0.4, 0.5) is 5.69 Å². The van der Waals surface area contributed by atoms with Gasteiger partial charge < -0.3 is 14.5 Å². The first-order valence-corrected chi connectivity index (χ1v) is 10.0. The predicted molar refractivity (Wildman–Crippen MR) is 108 cm³/mol. The molecule has 0 bridgehead atoms. The van der Waals surface area contributed by atoms with Crippen LogP contribution in [0.2, 0.25) is 0 Å². The third kappa shape index (κ3) is 4.94. The van der Waals surface area contributed by atoms with E-state index in [1.807, 2.05) is 17.0 Å². The van der Waals surface area contributed by atoms with E-state index >= 15 is 0 Å². The fraction of sp³-hybridized carbons (Fsp3) is 0.381. The lowest BCUT2D eigenvalue weighted by molar-refractivity contribution is -0.131. The van der Waals surface area contributed by atoms with E-state index in [1.165, 1.54) is 16.1 Å². The Labute approximate surface area is 160 Å². The fourth-order valence-corrected chi connectivity index (χ4v) is 3.90. The summed E-state index contributed by atoms with van der Waals surface area (Å²) < 4.78 is 5.21. The van der Waals surface area contributed by atoms with Gasteiger partial charge in [-0.1, -0.05) is 17.7 Å². The third-order valence-electron chi connectivity index (χ3n) is 4.68. The first kappa shape index (κ1) is 18.6. The van der Waals surface area contributed by atoms with Gasteiger partial charge in [0.2, 0.25) is 5.91 Å². The number of hydrogen-bond acceptors (Lipinski definition) is 4. The third-order valence-corrected chi connectivity index (χ3v) is 5.69. The number of carbonyl (C=O) groups excluding carboxylic acids is 1. The molecule has 1 saturated heterocycles. The number of rotatable bonds is 6. The summed E-state index contributed by atoms with van der Waals surface area (Å²) in [6.07, 6.45) is 0.598. The second-order valence-corrected chi connectivity index (χ2v) is 7.65. The summed E-state index contributed by atoms with van der Waals surface area (Å²) in [7, 11) is 1.68. The van der Waals surface area contributed by atoms with Gasteiger partial charge in [0.15, 0.2) is 0 Å². The Morgan fingerprint density at radius 1 is 1.00 bits per heavy atom. The summed E-state index contributed by atoms with van der Waals surface area (Å²) in [5.74, 6) is 1.97. The van der Waals surface area contributed by atoms with E-state index in [9.17, 15) is 4.79 Å². The van der Waals surface area contributed by atoms with Gasteiger partial charge in [0.1, 0.15) is 5.75 Å². The molecule has 0 spiro atoms. The summed E-state index contributed by atoms with van der Waals surface area (Å²) in [5, 5.41) is 0. The lowest BCUT2D eigenvalue weighted by atomic mass is 10.2. The number of amides is 1. The Hall–Kier alpha value is -2.14. The van der Waals surface area contributed by atoms with Crippen LogP contribution < -0.4 is 9.64 Å². The number of anilines is 1. The second kappa shape index (κ2) is 8.99. The van der Waals surface area contributed by atoms with Crippen LogP contribution in [0, 0.1) is 6.92 Å². The monoisotopic (exact) mass is 370 g/mol. The number of aryl methyl sites for hydroxylation is 1. The zero-order valence-corrected chi connectivity index (χ0v) is 16.3. The van der Waals surface area contributed by atoms with Crippen LogP contribution in [-0.4, -0.2) is 49.8 Å². The molecule has 5 heteroatoms. The molecular formula is C21H26N2O2S. The number of benzene rings is 2. The smallest absolute Gasteiger partial charge is 0.223 e. The molecule has 0 radical (unpaired) electrons. The molecule has 0 N–H and O–H groups in total. The summed E-state index contributed by atoms with van der Waals surface area (Å²) in [6, 6.07) is 16.6. The van der Waals surface area contributed by atoms with Gasteiger partial charge in [0.25, 0.3) is 0 Å². The second-order valence-electron chi connectivity index (χ2n) is 6.48. The standard InChI is InChI=1S/C21H26N2O2S/c1-17-3-9-20(10-4-17)26-16-11-21(24)23-14-12-22(13-15-23)18-5-7-19(25-2)8-6-18/h3-10H,11-16H2,1-2H3. The van der Waals surface area contributed by atoms with Crippen molar-refractivity contribution in [2.24, 2.45) is 0 Å². The minimum atomic E-state index is 0.263. The summed E-state index contributed by atoms with van der Waals surface area (Å²) in [5.41, 5.74) is 2.45. The van der Waals surface area contributed by atoms with Crippen molar-refractivity contribution in [3.05, 3.63) is 54.1 Å². The van der Waals surface area contributed by atoms with Crippen LogP contribution in [-0.2, 0) is 4.79 Å². The topological polar surface area (TPSA) is 32.8 Å². The number of piperazine rings is 1. The number of carbonyl (C=O) groups is 1. The molecule has 3 rings (SSSR count). The maximum absolute atomic E-state index is 12.4. The van der Waals surface area contributed by atoms with Crippen molar-refractivity contribution in [2.75, 3.05) is 43.9 Å². The molecule has 1 aliphatic heterocycles. The highest BCUT2D eigenvalue weighted by Gasteiger charge is 2.21. The van der Waals surface area contributed by atoms with E-state index in [0.29, 0.717) is 6.42 Å². The highest BCUT2D eigenvalue weighted by molar-refractivity contribution is 7.99. The van der Waals surface area contributed by atoms with Gasteiger partial charge in [-0.15, -0.1) is 11.8 Å². The zero-order valence-electron chi connectivity index (χ0n) is 15.5. The van der Waals surface area contributed by atoms with Crippen molar-refractivity contribution in [3.63, 3.8) is 0 Å². The zero-order chi connectivity index (χ0) is 18.4. The minimum absolute atomic E-state index is 0.263. The Morgan fingerprint density at radius 3 is 2.27 bits per heavy atom. The van der Waals surface area contributed by atoms with Crippen molar-refractivity contribution in [2.45, 2.75) is 18.2 Å². The summed E-state index contributed by atoms with van der Waals surface area (Å²) >= 11 is 1.75. The molecule has 1 aliphatic rings. The molecule has 1 heterocycles. The number of hydrogen-bond donors (Lipinski definition) is 0. The van der Waals surface area contributed by atoms with Crippen LogP contribution in [0.5, 0.6) is 5.75 Å². The van der Waals surface area contributed by atoms with Gasteiger partial charge in [-0.3, -0.25) is 4.79 Å². The number of thioether (sulfide) groups is 1. The van der Waals surface area contributed by atoms with E-state index in [4.69, 9.17) is 4.74 Å². The van der Waals surface area contributed by atoms with E-state index in [-0.39, 0.29) is 5.91 Å². The molecule has 0 aliphatic carbocycles. The molecule has 2 aromatic rings. The van der Waals surface area contributed by atoms with Crippen molar-refractivity contribution in [3.8, 4) is 5.75 Å². The van der Waals surface area contributed by atoms with Gasteiger partial charge >= 0.3 is 0 Å². The van der Waals surface area contributed by atoms with E-state index < -0.39 is 0 Å². The molecule has 0 unspecified atom stereocenters. The maximum atomic E-state index is 12.4. The summed E-state index contributed by atoms with van der Waals surface area (Å²) in [4.78, 5) is 18.0. The molecule has 26 heavy (non-hydrogen) atoms. The van der Waals surface area contributed by atoms with Crippen LogP contribution >= 0.6 is 11.8 Å². The van der Waals surface area contributed by atoms with Gasteiger partial charge in [-0.25, -0.2) is 0 Å². The van der Waals surface area contributed by atoms with Crippen LogP contribution in [0.1, 0.15) is 12.0 Å². The van der Waals surface area contributed by atoms with E-state index in [0.717, 1.165) is 37.7 Å². The molecule has 138 valence electrons. The van der Waals surface area contributed by atoms with Crippen molar-refractivity contribution >= 4 is 23.4 Å². The number of ether oxygens (including phenoxy) is 1. The fourth-order valence-electron chi connectivity index (χ4n) is 3.06. The first-order valence-electron chi connectivity index (χ1n) is 9.02. The highest BCUT2D eigenvalue weighted by atomic mass is 32.2. The Morgan fingerprint density at radius 2 is 1.65 bits per heavy atom. The van der Waals surface area contributed by atoms with Gasteiger partial charge in [0.05, 0.1) is 7.11 Å². The quantitative estimate of drug-likeness (QED) is 0.724. The SMILES string of the molecule is COc1ccc(N2CCN(C(=O)CCSc3ccc(C)cc3)CC2)cc1. The van der Waals surface area contributed by atoms with Gasteiger partial charge in [0, 0.05) is 48.9 Å². The predicted octanol–water partition coefficient (Wildman–Crippen LogP) is 3.83. The molecule has 1 fully saturated rings. The molecule has 0 saturated carbocycles. The van der Waals surface area contributed by atoms with Gasteiger partial charge in [-0.05, 0) is 43.3 Å². The van der Waals surface area contributed by atoms with Gasteiger partial charge in [-0.2, -0.15) is 0 Å². The largest absolute Gasteiger partial charge is 0.497 e. The molecule has 4 nitrogen and oxygen atoms in total. The van der Waals surface area contributed by atoms with Crippen molar-refractivity contribution < 1.29 is 9.53 Å². The Bertz CT molecular complexity index is 708. The molecule has 2 aromatic carbocycles. The van der Waals surface area contributed by atoms with Crippen LogP contribution in [0.25, 0.3) is 0 Å². The molecule has 1 amide bonds. The molecular weight excluding hydrogens is 344 g/mol. The lowest BCUT2D eigenvalue weighted by Gasteiger charge is -2.36. The lowest BCUT2D eigenvalue weighted by Crippen LogP contribution is -2.48.